The quantitative estimate of drug-likeness (QED) is 0.229. The van der Waals surface area contributed by atoms with E-state index >= 15 is 0 Å². The molecule has 0 aromatic heterocycles. The number of likely N-dealkylation sites (tertiary alicyclic amines) is 2. The number of aliphatic hydroxyl groups is 1. The molecule has 2 heterocycles. The van der Waals surface area contributed by atoms with Crippen LogP contribution in [0.1, 0.15) is 29.5 Å². The molecule has 2 fully saturated rings. The zero-order chi connectivity index (χ0) is 35.3. The highest BCUT2D eigenvalue weighted by Gasteiger charge is 2.73. The van der Waals surface area contributed by atoms with Crippen LogP contribution >= 0.6 is 0 Å². The molecule has 2 saturated heterocycles. The Kier molecular flexibility index (Phi) is 9.70. The summed E-state index contributed by atoms with van der Waals surface area (Å²) < 4.78 is 160. The minimum atomic E-state index is -6.21. The number of ether oxygens (including phenoxy) is 1. The Bertz CT molecular complexity index is 1690. The van der Waals surface area contributed by atoms with Crippen LogP contribution in [0.2, 0.25) is 0 Å². The average molecular weight is 712 g/mol. The van der Waals surface area contributed by atoms with Crippen LogP contribution in [-0.4, -0.2) is 74.2 Å². The molecule has 3 atom stereocenters. The van der Waals surface area contributed by atoms with Crippen molar-refractivity contribution in [1.29, 1.82) is 0 Å². The van der Waals surface area contributed by atoms with Gasteiger partial charge in [-0.1, -0.05) is 30.3 Å². The van der Waals surface area contributed by atoms with E-state index in [4.69, 9.17) is 5.73 Å². The van der Waals surface area contributed by atoms with Crippen LogP contribution < -0.4 is 5.73 Å². The lowest BCUT2D eigenvalue weighted by atomic mass is 9.88. The first-order chi connectivity index (χ1) is 22.3. The summed E-state index contributed by atoms with van der Waals surface area (Å²) in [5.41, 5.74) is -2.06. The molecule has 262 valence electrons. The van der Waals surface area contributed by atoms with Crippen LogP contribution in [-0.2, 0) is 31.5 Å². The van der Waals surface area contributed by atoms with Crippen molar-refractivity contribution in [3.05, 3.63) is 101 Å². The van der Waals surface area contributed by atoms with Crippen molar-refractivity contribution < 1.29 is 57.8 Å². The van der Waals surface area contributed by atoms with Crippen LogP contribution in [0.15, 0.2) is 71.6 Å². The van der Waals surface area contributed by atoms with Gasteiger partial charge in [-0.05, 0) is 54.8 Å². The highest BCUT2D eigenvalue weighted by molar-refractivity contribution is 7.92. The van der Waals surface area contributed by atoms with Crippen LogP contribution in [0.3, 0.4) is 0 Å². The van der Waals surface area contributed by atoms with E-state index in [1.165, 1.54) is 4.90 Å². The van der Waals surface area contributed by atoms with E-state index < -0.39 is 80.6 Å². The van der Waals surface area contributed by atoms with Gasteiger partial charge >= 0.3 is 12.4 Å². The number of hydrogen-bond acceptors (Lipinski definition) is 7. The Morgan fingerprint density at radius 1 is 0.875 bits per heavy atom. The van der Waals surface area contributed by atoms with E-state index in [2.05, 4.69) is 4.74 Å². The third-order valence-electron chi connectivity index (χ3n) is 8.92. The lowest BCUT2D eigenvalue weighted by molar-refractivity contribution is -0.392. The maximum absolute atomic E-state index is 14.5. The molecule has 3 aromatic rings. The molecule has 2 aliphatic rings. The van der Waals surface area contributed by atoms with Gasteiger partial charge in [0.1, 0.15) is 22.2 Å². The van der Waals surface area contributed by atoms with Gasteiger partial charge in [0, 0.05) is 43.3 Å². The fourth-order valence-corrected chi connectivity index (χ4v) is 8.40. The molecule has 3 N–H and O–H groups in total. The van der Waals surface area contributed by atoms with Gasteiger partial charge in [-0.15, -0.1) is 0 Å². The largest absolute Gasteiger partial charge is 0.430 e. The fourth-order valence-electron chi connectivity index (χ4n) is 6.31. The number of hydrogen-bond donors (Lipinski definition) is 2. The summed E-state index contributed by atoms with van der Waals surface area (Å²) >= 11 is 0. The molecule has 0 radical (unpaired) electrons. The smallest absolute Gasteiger partial charge is 0.365 e. The summed E-state index contributed by atoms with van der Waals surface area (Å²) in [5, 5.41) is 11.1. The van der Waals surface area contributed by atoms with Crippen molar-refractivity contribution in [3.63, 3.8) is 0 Å². The number of aliphatic hydroxyl groups excluding tert-OH is 1. The first kappa shape index (κ1) is 36.1. The van der Waals surface area contributed by atoms with Crippen LogP contribution in [0.5, 0.6) is 0 Å². The second-order valence-corrected chi connectivity index (χ2v) is 14.1. The van der Waals surface area contributed by atoms with Gasteiger partial charge in [0.25, 0.3) is 5.60 Å². The normalized spacial score (nSPS) is 22.4. The topological polar surface area (TPSA) is 96.1 Å². The Labute approximate surface area is 269 Å². The first-order valence-electron chi connectivity index (χ1n) is 14.6. The summed E-state index contributed by atoms with van der Waals surface area (Å²) in [6, 6.07) is 7.97. The van der Waals surface area contributed by atoms with Crippen molar-refractivity contribution in [2.24, 2.45) is 5.73 Å². The summed E-state index contributed by atoms with van der Waals surface area (Å²) in [4.78, 5) is 2.63. The highest BCUT2D eigenvalue weighted by Crippen LogP contribution is 2.54. The van der Waals surface area contributed by atoms with Crippen molar-refractivity contribution in [3.8, 4) is 0 Å². The van der Waals surface area contributed by atoms with Gasteiger partial charge in [-0.2, -0.15) is 26.3 Å². The lowest BCUT2D eigenvalue weighted by Crippen LogP contribution is -2.56. The second kappa shape index (κ2) is 12.9. The number of benzene rings is 3. The van der Waals surface area contributed by atoms with Crippen LogP contribution in [0.4, 0.5) is 39.5 Å². The standard InChI is InChI=1S/C31H30F9N3O4S/c32-21-8-10-23(11-9-21)48(45,46)28(13-15-43(18-28)27(44)42-14-12-22(41)16-42)19-4-6-20(7-5-19)29(30(35,36)37,31(38,39)40)47-17-24-25(33)2-1-3-26(24)34/h1-11,22,27,44H,12-18,41H2/t22-,27?,28+/m1/s1. The molecule has 5 rings (SSSR count). The molecule has 0 bridgehead atoms. The van der Waals surface area contributed by atoms with Crippen molar-refractivity contribution in [2.75, 3.05) is 26.2 Å². The third kappa shape index (κ3) is 6.20. The number of sulfone groups is 1. The maximum Gasteiger partial charge on any atom is 0.430 e. The monoisotopic (exact) mass is 711 g/mol. The molecule has 0 aliphatic carbocycles. The van der Waals surface area contributed by atoms with E-state index in [1.807, 2.05) is 0 Å². The summed E-state index contributed by atoms with van der Waals surface area (Å²) in [6.45, 7) is -1.57. The van der Waals surface area contributed by atoms with Gasteiger partial charge in [-0.3, -0.25) is 9.80 Å². The molecular formula is C31H30F9N3O4S. The van der Waals surface area contributed by atoms with Crippen LogP contribution in [0.25, 0.3) is 0 Å². The summed E-state index contributed by atoms with van der Waals surface area (Å²) in [5.74, 6) is -3.62. The van der Waals surface area contributed by atoms with Gasteiger partial charge < -0.3 is 15.6 Å². The van der Waals surface area contributed by atoms with Crippen LogP contribution in [0, 0.1) is 17.5 Å². The summed E-state index contributed by atoms with van der Waals surface area (Å²) in [7, 11) is -4.55. The van der Waals surface area contributed by atoms with Crippen molar-refractivity contribution in [1.82, 2.24) is 9.80 Å². The molecule has 0 amide bonds. The van der Waals surface area contributed by atoms with Gasteiger partial charge in [0.2, 0.25) is 0 Å². The molecule has 0 spiro atoms. The van der Waals surface area contributed by atoms with E-state index in [0.29, 0.717) is 37.2 Å². The molecule has 17 heteroatoms. The number of rotatable bonds is 9. The third-order valence-corrected chi connectivity index (χ3v) is 11.4. The fraction of sp³-hybridized carbons (Fsp3) is 0.419. The highest BCUT2D eigenvalue weighted by atomic mass is 32.2. The van der Waals surface area contributed by atoms with Gasteiger partial charge in [-0.25, -0.2) is 21.6 Å². The molecule has 7 nitrogen and oxygen atoms in total. The Balaban J connectivity index is 1.59. The van der Waals surface area contributed by atoms with E-state index in [1.54, 1.807) is 4.90 Å². The molecule has 2 aliphatic heterocycles. The first-order valence-corrected chi connectivity index (χ1v) is 16.1. The molecule has 3 aromatic carbocycles. The predicted octanol–water partition coefficient (Wildman–Crippen LogP) is 5.32. The number of nitrogens with zero attached hydrogens (tertiary/aromatic N) is 2. The number of alkyl halides is 6. The SMILES string of the molecule is N[C@@H]1CCN(C(O)N2CC[C@](c3ccc(C(OCc4c(F)cccc4F)(C(F)(F)F)C(F)(F)F)cc3)(S(=O)(=O)c3ccc(F)cc3)C2)C1. The zero-order valence-electron chi connectivity index (χ0n) is 24.9. The van der Waals surface area contributed by atoms with E-state index in [9.17, 15) is 53.0 Å². The van der Waals surface area contributed by atoms with Gasteiger partial charge in [0.05, 0.1) is 11.5 Å². The minimum absolute atomic E-state index is 0.0541. The predicted molar refractivity (Wildman–Crippen MR) is 153 cm³/mol. The lowest BCUT2D eigenvalue weighted by Gasteiger charge is -2.38. The molecule has 0 saturated carbocycles. The second-order valence-electron chi connectivity index (χ2n) is 11.8. The van der Waals surface area contributed by atoms with E-state index in [0.717, 1.165) is 42.5 Å². The average Bonchev–Trinajstić information content (AvgIpc) is 3.66. The maximum atomic E-state index is 14.5. The summed E-state index contributed by atoms with van der Waals surface area (Å²) in [6.07, 6.45) is -13.4. The number of halogens is 9. The number of nitrogens with two attached hydrogens (primary N) is 1. The van der Waals surface area contributed by atoms with Crippen molar-refractivity contribution in [2.45, 2.75) is 59.4 Å². The van der Waals surface area contributed by atoms with Gasteiger partial charge in [0.15, 0.2) is 16.2 Å². The Morgan fingerprint density at radius 2 is 1.46 bits per heavy atom. The minimum Gasteiger partial charge on any atom is -0.365 e. The molecule has 1 unspecified atom stereocenters. The zero-order valence-corrected chi connectivity index (χ0v) is 25.7. The van der Waals surface area contributed by atoms with Crippen molar-refractivity contribution >= 4 is 9.84 Å². The molecule has 48 heavy (non-hydrogen) atoms. The Hall–Kier alpha value is -3.22. The Morgan fingerprint density at radius 3 is 1.98 bits per heavy atom. The molecular weight excluding hydrogens is 681 g/mol. The van der Waals surface area contributed by atoms with E-state index in [-0.39, 0.29) is 36.0 Å².